The summed E-state index contributed by atoms with van der Waals surface area (Å²) in [5, 5.41) is 3.46. The van der Waals surface area contributed by atoms with Crippen LogP contribution in [0, 0.1) is 0 Å². The Balaban J connectivity index is 1.68. The molecule has 1 unspecified atom stereocenters. The zero-order valence-electron chi connectivity index (χ0n) is 11.8. The van der Waals surface area contributed by atoms with Gasteiger partial charge in [-0.3, -0.25) is 4.90 Å². The fraction of sp³-hybridized carbons (Fsp3) is 0.733. The Morgan fingerprint density at radius 1 is 1.05 bits per heavy atom. The monoisotopic (exact) mass is 262 g/mol. The molecular formula is C15H26N4. The van der Waals surface area contributed by atoms with Crippen LogP contribution in [0.25, 0.3) is 0 Å². The second-order valence-corrected chi connectivity index (χ2v) is 5.81. The Labute approximate surface area is 116 Å². The van der Waals surface area contributed by atoms with Gasteiger partial charge in [0.2, 0.25) is 0 Å². The lowest BCUT2D eigenvalue weighted by Gasteiger charge is -2.38. The average molecular weight is 262 g/mol. The molecule has 0 aliphatic carbocycles. The Kier molecular flexibility index (Phi) is 4.53. The van der Waals surface area contributed by atoms with Crippen LogP contribution in [-0.4, -0.2) is 60.6 Å². The number of nitrogens with zero attached hydrogens (tertiary/aromatic N) is 2. The lowest BCUT2D eigenvalue weighted by atomic mass is 10.0. The molecule has 106 valence electrons. The van der Waals surface area contributed by atoms with Gasteiger partial charge in [0.25, 0.3) is 0 Å². The van der Waals surface area contributed by atoms with Gasteiger partial charge in [-0.1, -0.05) is 6.42 Å². The van der Waals surface area contributed by atoms with Gasteiger partial charge in [-0.2, -0.15) is 0 Å². The quantitative estimate of drug-likeness (QED) is 0.862. The molecule has 0 spiro atoms. The van der Waals surface area contributed by atoms with Gasteiger partial charge >= 0.3 is 0 Å². The Morgan fingerprint density at radius 3 is 2.53 bits per heavy atom. The molecule has 3 heterocycles. The number of hydrogen-bond acceptors (Lipinski definition) is 3. The summed E-state index contributed by atoms with van der Waals surface area (Å²) >= 11 is 0. The van der Waals surface area contributed by atoms with Gasteiger partial charge in [-0.15, -0.1) is 0 Å². The first-order valence-electron chi connectivity index (χ1n) is 7.73. The zero-order valence-corrected chi connectivity index (χ0v) is 11.8. The molecule has 2 fully saturated rings. The Bertz CT molecular complexity index is 350. The maximum atomic E-state index is 3.46. The molecule has 19 heavy (non-hydrogen) atoms. The van der Waals surface area contributed by atoms with Gasteiger partial charge in [0.05, 0.1) is 0 Å². The van der Waals surface area contributed by atoms with Gasteiger partial charge in [0.1, 0.15) is 0 Å². The van der Waals surface area contributed by atoms with Crippen LogP contribution in [-0.2, 0) is 0 Å². The fourth-order valence-corrected chi connectivity index (χ4v) is 3.36. The van der Waals surface area contributed by atoms with Crippen molar-refractivity contribution in [2.45, 2.75) is 25.3 Å². The third-order valence-electron chi connectivity index (χ3n) is 4.48. The van der Waals surface area contributed by atoms with E-state index in [1.165, 1.54) is 57.5 Å². The molecule has 4 heteroatoms. The molecule has 2 N–H and O–H groups in total. The van der Waals surface area contributed by atoms with Gasteiger partial charge in [-0.05, 0) is 37.6 Å². The molecule has 0 bridgehead atoms. The average Bonchev–Trinajstić information content (AvgIpc) is 3.01. The van der Waals surface area contributed by atoms with E-state index in [9.17, 15) is 0 Å². The SMILES string of the molecule is c1cc(C(CN2CCCCC2)N2CCNCC2)c[nH]1. The molecule has 0 aromatic carbocycles. The lowest BCUT2D eigenvalue weighted by molar-refractivity contribution is 0.114. The maximum Gasteiger partial charge on any atom is 0.0491 e. The summed E-state index contributed by atoms with van der Waals surface area (Å²) in [5.41, 5.74) is 1.45. The van der Waals surface area contributed by atoms with Crippen LogP contribution in [0.1, 0.15) is 30.9 Å². The van der Waals surface area contributed by atoms with Crippen molar-refractivity contribution in [2.24, 2.45) is 0 Å². The number of aromatic amines is 1. The zero-order chi connectivity index (χ0) is 12.9. The number of H-pyrrole nitrogens is 1. The molecule has 0 radical (unpaired) electrons. The largest absolute Gasteiger partial charge is 0.367 e. The summed E-state index contributed by atoms with van der Waals surface area (Å²) in [6.07, 6.45) is 8.40. The number of hydrogen-bond donors (Lipinski definition) is 2. The van der Waals surface area contributed by atoms with Crippen LogP contribution in [0.2, 0.25) is 0 Å². The fourth-order valence-electron chi connectivity index (χ4n) is 3.36. The molecule has 0 saturated carbocycles. The van der Waals surface area contributed by atoms with Gasteiger partial charge in [-0.25, -0.2) is 0 Å². The first kappa shape index (κ1) is 13.2. The summed E-state index contributed by atoms with van der Waals surface area (Å²) < 4.78 is 0. The van der Waals surface area contributed by atoms with E-state index >= 15 is 0 Å². The summed E-state index contributed by atoms with van der Waals surface area (Å²) in [4.78, 5) is 8.53. The van der Waals surface area contributed by atoms with Crippen molar-refractivity contribution >= 4 is 0 Å². The third kappa shape index (κ3) is 3.38. The van der Waals surface area contributed by atoms with Crippen LogP contribution < -0.4 is 5.32 Å². The van der Waals surface area contributed by atoms with E-state index in [4.69, 9.17) is 0 Å². The normalized spacial score (nSPS) is 24.4. The van der Waals surface area contributed by atoms with Gasteiger partial charge < -0.3 is 15.2 Å². The molecule has 1 aromatic heterocycles. The first-order chi connectivity index (χ1) is 9.43. The predicted molar refractivity (Wildman–Crippen MR) is 78.3 cm³/mol. The summed E-state index contributed by atoms with van der Waals surface area (Å²) in [6, 6.07) is 2.81. The van der Waals surface area contributed by atoms with Crippen LogP contribution >= 0.6 is 0 Å². The number of nitrogens with one attached hydrogen (secondary N) is 2. The lowest BCUT2D eigenvalue weighted by Crippen LogP contribution is -2.48. The summed E-state index contributed by atoms with van der Waals surface area (Å²) in [5.74, 6) is 0. The van der Waals surface area contributed by atoms with Crippen molar-refractivity contribution in [3.8, 4) is 0 Å². The van der Waals surface area contributed by atoms with Crippen molar-refractivity contribution < 1.29 is 0 Å². The topological polar surface area (TPSA) is 34.3 Å². The van der Waals surface area contributed by atoms with E-state index in [0.717, 1.165) is 13.1 Å². The molecule has 4 nitrogen and oxygen atoms in total. The van der Waals surface area contributed by atoms with Crippen molar-refractivity contribution in [3.63, 3.8) is 0 Å². The highest BCUT2D eigenvalue weighted by Crippen LogP contribution is 2.23. The summed E-state index contributed by atoms with van der Waals surface area (Å²) in [6.45, 7) is 8.35. The Morgan fingerprint density at radius 2 is 1.84 bits per heavy atom. The number of aromatic nitrogens is 1. The minimum absolute atomic E-state index is 0.562. The van der Waals surface area contributed by atoms with E-state index in [1.807, 2.05) is 0 Å². The predicted octanol–water partition coefficient (Wildman–Crippen LogP) is 1.45. The van der Waals surface area contributed by atoms with E-state index in [2.05, 4.69) is 38.6 Å². The minimum Gasteiger partial charge on any atom is -0.367 e. The highest BCUT2D eigenvalue weighted by atomic mass is 15.3. The summed E-state index contributed by atoms with van der Waals surface area (Å²) in [7, 11) is 0. The van der Waals surface area contributed by atoms with E-state index in [0.29, 0.717) is 6.04 Å². The van der Waals surface area contributed by atoms with Crippen molar-refractivity contribution in [2.75, 3.05) is 45.8 Å². The number of rotatable bonds is 4. The Hall–Kier alpha value is -0.840. The second kappa shape index (κ2) is 6.55. The third-order valence-corrected chi connectivity index (χ3v) is 4.48. The number of piperazine rings is 1. The molecule has 1 aromatic rings. The van der Waals surface area contributed by atoms with Crippen molar-refractivity contribution in [1.82, 2.24) is 20.1 Å². The molecule has 3 rings (SSSR count). The molecular weight excluding hydrogens is 236 g/mol. The standard InChI is InChI=1S/C15H26N4/c1-2-8-18(9-3-1)13-15(14-4-5-17-12-14)19-10-6-16-7-11-19/h4-5,12,15-17H,1-3,6-11,13H2. The smallest absolute Gasteiger partial charge is 0.0491 e. The van der Waals surface area contributed by atoms with Gasteiger partial charge in [0, 0.05) is 51.2 Å². The maximum absolute atomic E-state index is 3.46. The molecule has 2 saturated heterocycles. The van der Waals surface area contributed by atoms with Crippen LogP contribution in [0.4, 0.5) is 0 Å². The molecule has 2 aliphatic heterocycles. The molecule has 1 atom stereocenters. The van der Waals surface area contributed by atoms with E-state index in [1.54, 1.807) is 0 Å². The van der Waals surface area contributed by atoms with Crippen molar-refractivity contribution in [1.29, 1.82) is 0 Å². The van der Waals surface area contributed by atoms with Crippen LogP contribution in [0.3, 0.4) is 0 Å². The highest BCUT2D eigenvalue weighted by Gasteiger charge is 2.25. The van der Waals surface area contributed by atoms with Crippen molar-refractivity contribution in [3.05, 3.63) is 24.0 Å². The highest BCUT2D eigenvalue weighted by molar-refractivity contribution is 5.15. The van der Waals surface area contributed by atoms with Gasteiger partial charge in [0.15, 0.2) is 0 Å². The second-order valence-electron chi connectivity index (χ2n) is 5.81. The van der Waals surface area contributed by atoms with E-state index in [-0.39, 0.29) is 0 Å². The van der Waals surface area contributed by atoms with Crippen LogP contribution in [0.5, 0.6) is 0 Å². The number of likely N-dealkylation sites (tertiary alicyclic amines) is 1. The number of piperidine rings is 1. The molecule has 0 amide bonds. The first-order valence-corrected chi connectivity index (χ1v) is 7.73. The molecule has 2 aliphatic rings. The van der Waals surface area contributed by atoms with Crippen LogP contribution in [0.15, 0.2) is 18.5 Å². The minimum atomic E-state index is 0.562. The van der Waals surface area contributed by atoms with E-state index < -0.39 is 0 Å².